The molecule has 0 amide bonds. The topological polar surface area (TPSA) is 37.6 Å². The van der Waals surface area contributed by atoms with Crippen molar-refractivity contribution in [2.75, 3.05) is 26.7 Å². The molecular formula is C15H28N2O2. The Labute approximate surface area is 117 Å². The molecular weight excluding hydrogens is 240 g/mol. The minimum absolute atomic E-state index is 0.302. The lowest BCUT2D eigenvalue weighted by Gasteiger charge is -2.17. The van der Waals surface area contributed by atoms with E-state index in [1.807, 2.05) is 0 Å². The second kappa shape index (κ2) is 9.13. The van der Waals surface area contributed by atoms with Crippen LogP contribution in [-0.4, -0.2) is 37.7 Å². The zero-order valence-electron chi connectivity index (χ0n) is 12.7. The van der Waals surface area contributed by atoms with Crippen LogP contribution in [0, 0.1) is 0 Å². The fourth-order valence-electron chi connectivity index (χ4n) is 1.86. The van der Waals surface area contributed by atoms with E-state index in [9.17, 15) is 0 Å². The van der Waals surface area contributed by atoms with Crippen LogP contribution in [0.2, 0.25) is 0 Å². The van der Waals surface area contributed by atoms with E-state index in [-0.39, 0.29) is 0 Å². The monoisotopic (exact) mass is 268 g/mol. The predicted octanol–water partition coefficient (Wildman–Crippen LogP) is 2.64. The second-order valence-corrected chi connectivity index (χ2v) is 5.20. The summed E-state index contributed by atoms with van der Waals surface area (Å²) in [6, 6.07) is 2.06. The van der Waals surface area contributed by atoms with Gasteiger partial charge < -0.3 is 14.5 Å². The Bertz CT molecular complexity index is 337. The lowest BCUT2D eigenvalue weighted by atomic mass is 10.2. The fourth-order valence-corrected chi connectivity index (χ4v) is 1.86. The molecule has 0 aliphatic rings. The molecule has 4 heteroatoms. The van der Waals surface area contributed by atoms with E-state index in [1.54, 1.807) is 6.26 Å². The Balaban J connectivity index is 2.32. The van der Waals surface area contributed by atoms with E-state index in [2.05, 4.69) is 44.1 Å². The molecule has 4 nitrogen and oxygen atoms in total. The van der Waals surface area contributed by atoms with Crippen molar-refractivity contribution in [2.45, 2.75) is 46.4 Å². The van der Waals surface area contributed by atoms with Gasteiger partial charge in [-0.2, -0.15) is 0 Å². The molecule has 0 saturated carbocycles. The number of rotatable bonds is 10. The van der Waals surface area contributed by atoms with Crippen molar-refractivity contribution in [3.8, 4) is 0 Å². The van der Waals surface area contributed by atoms with Gasteiger partial charge in [-0.3, -0.25) is 4.90 Å². The van der Waals surface area contributed by atoms with E-state index in [0.29, 0.717) is 6.10 Å². The van der Waals surface area contributed by atoms with Gasteiger partial charge in [0.2, 0.25) is 0 Å². The molecule has 1 heterocycles. The molecule has 1 rings (SSSR count). The van der Waals surface area contributed by atoms with E-state index in [1.165, 1.54) is 5.56 Å². The Kier molecular flexibility index (Phi) is 7.79. The zero-order chi connectivity index (χ0) is 14.1. The number of likely N-dealkylation sites (N-methyl/N-ethyl adjacent to an activating group) is 1. The predicted molar refractivity (Wildman–Crippen MR) is 78.1 cm³/mol. The van der Waals surface area contributed by atoms with Crippen molar-refractivity contribution in [1.29, 1.82) is 0 Å². The largest absolute Gasteiger partial charge is 0.468 e. The molecule has 0 unspecified atom stereocenters. The van der Waals surface area contributed by atoms with Crippen LogP contribution in [0.25, 0.3) is 0 Å². The molecule has 0 aromatic carbocycles. The van der Waals surface area contributed by atoms with Crippen LogP contribution < -0.4 is 5.32 Å². The summed E-state index contributed by atoms with van der Waals surface area (Å²) in [5, 5.41) is 3.37. The second-order valence-electron chi connectivity index (χ2n) is 5.20. The molecule has 1 aromatic rings. The van der Waals surface area contributed by atoms with Crippen molar-refractivity contribution in [3.63, 3.8) is 0 Å². The maximum absolute atomic E-state index is 5.56. The molecule has 0 aliphatic heterocycles. The number of furan rings is 1. The average Bonchev–Trinajstić information content (AvgIpc) is 2.76. The van der Waals surface area contributed by atoms with Gasteiger partial charge in [0, 0.05) is 18.7 Å². The summed E-state index contributed by atoms with van der Waals surface area (Å²) in [6.07, 6.45) is 3.22. The third-order valence-corrected chi connectivity index (χ3v) is 2.91. The smallest absolute Gasteiger partial charge is 0.122 e. The molecule has 1 N–H and O–H groups in total. The standard InChI is InChI=1S/C15H28N2O2/c1-5-7-16-11-15-14(6-9-19-15)12-17(4)8-10-18-13(2)3/h6,9,13,16H,5,7-8,10-12H2,1-4H3. The minimum atomic E-state index is 0.302. The summed E-state index contributed by atoms with van der Waals surface area (Å²) >= 11 is 0. The molecule has 0 radical (unpaired) electrons. The summed E-state index contributed by atoms with van der Waals surface area (Å²) in [6.45, 7) is 10.7. The quantitative estimate of drug-likeness (QED) is 0.662. The van der Waals surface area contributed by atoms with Gasteiger partial charge in [-0.15, -0.1) is 0 Å². The van der Waals surface area contributed by atoms with Crippen LogP contribution >= 0.6 is 0 Å². The Hall–Kier alpha value is -0.840. The molecule has 19 heavy (non-hydrogen) atoms. The first-order valence-electron chi connectivity index (χ1n) is 7.19. The molecule has 1 aromatic heterocycles. The number of nitrogens with one attached hydrogen (secondary N) is 1. The molecule has 0 fully saturated rings. The van der Waals surface area contributed by atoms with Gasteiger partial charge in [-0.05, 0) is 39.9 Å². The van der Waals surface area contributed by atoms with Gasteiger partial charge in [0.05, 0.1) is 25.5 Å². The van der Waals surface area contributed by atoms with E-state index in [4.69, 9.17) is 9.15 Å². The third kappa shape index (κ3) is 6.76. The van der Waals surface area contributed by atoms with Crippen molar-refractivity contribution >= 4 is 0 Å². The normalized spacial score (nSPS) is 11.7. The first kappa shape index (κ1) is 16.2. The zero-order valence-corrected chi connectivity index (χ0v) is 12.7. The van der Waals surface area contributed by atoms with Crippen LogP contribution in [0.15, 0.2) is 16.7 Å². The lowest BCUT2D eigenvalue weighted by Crippen LogP contribution is -2.24. The van der Waals surface area contributed by atoms with Gasteiger partial charge in [0.15, 0.2) is 0 Å². The van der Waals surface area contributed by atoms with Crippen molar-refractivity contribution in [1.82, 2.24) is 10.2 Å². The molecule has 0 atom stereocenters. The SMILES string of the molecule is CCCNCc1occc1CN(C)CCOC(C)C. The summed E-state index contributed by atoms with van der Waals surface area (Å²) in [4.78, 5) is 2.26. The van der Waals surface area contributed by atoms with Crippen LogP contribution in [-0.2, 0) is 17.8 Å². The summed E-state index contributed by atoms with van der Waals surface area (Å²) in [5.41, 5.74) is 1.26. The average molecular weight is 268 g/mol. The summed E-state index contributed by atoms with van der Waals surface area (Å²) in [7, 11) is 2.11. The maximum atomic E-state index is 5.56. The van der Waals surface area contributed by atoms with E-state index >= 15 is 0 Å². The number of ether oxygens (including phenoxy) is 1. The highest BCUT2D eigenvalue weighted by Gasteiger charge is 2.08. The highest BCUT2D eigenvalue weighted by Crippen LogP contribution is 2.12. The van der Waals surface area contributed by atoms with Crippen LogP contribution in [0.1, 0.15) is 38.5 Å². The fraction of sp³-hybridized carbons (Fsp3) is 0.733. The highest BCUT2D eigenvalue weighted by molar-refractivity contribution is 5.16. The Morgan fingerprint density at radius 3 is 2.89 bits per heavy atom. The number of hydrogen-bond acceptors (Lipinski definition) is 4. The lowest BCUT2D eigenvalue weighted by molar-refractivity contribution is 0.0626. The van der Waals surface area contributed by atoms with Gasteiger partial charge in [-0.25, -0.2) is 0 Å². The first-order chi connectivity index (χ1) is 9.13. The summed E-state index contributed by atoms with van der Waals surface area (Å²) in [5.74, 6) is 1.05. The summed E-state index contributed by atoms with van der Waals surface area (Å²) < 4.78 is 11.1. The maximum Gasteiger partial charge on any atom is 0.122 e. The van der Waals surface area contributed by atoms with Crippen molar-refractivity contribution in [3.05, 3.63) is 23.7 Å². The van der Waals surface area contributed by atoms with Crippen molar-refractivity contribution in [2.24, 2.45) is 0 Å². The van der Waals surface area contributed by atoms with E-state index < -0.39 is 0 Å². The van der Waals surface area contributed by atoms with E-state index in [0.717, 1.165) is 45.0 Å². The molecule has 110 valence electrons. The minimum Gasteiger partial charge on any atom is -0.468 e. The third-order valence-electron chi connectivity index (χ3n) is 2.91. The van der Waals surface area contributed by atoms with Crippen molar-refractivity contribution < 1.29 is 9.15 Å². The van der Waals surface area contributed by atoms with Crippen LogP contribution in [0.5, 0.6) is 0 Å². The number of nitrogens with zero attached hydrogens (tertiary/aromatic N) is 1. The van der Waals surface area contributed by atoms with Gasteiger partial charge in [0.1, 0.15) is 5.76 Å². The molecule has 0 bridgehead atoms. The highest BCUT2D eigenvalue weighted by atomic mass is 16.5. The van der Waals surface area contributed by atoms with Gasteiger partial charge in [0.25, 0.3) is 0 Å². The molecule has 0 aliphatic carbocycles. The Morgan fingerprint density at radius 1 is 1.42 bits per heavy atom. The van der Waals surface area contributed by atoms with Gasteiger partial charge >= 0.3 is 0 Å². The molecule has 0 spiro atoms. The first-order valence-corrected chi connectivity index (χ1v) is 7.19. The number of hydrogen-bond donors (Lipinski definition) is 1. The van der Waals surface area contributed by atoms with Crippen LogP contribution in [0.4, 0.5) is 0 Å². The molecule has 0 saturated heterocycles. The Morgan fingerprint density at radius 2 is 2.21 bits per heavy atom. The van der Waals surface area contributed by atoms with Crippen LogP contribution in [0.3, 0.4) is 0 Å². The van der Waals surface area contributed by atoms with Gasteiger partial charge in [-0.1, -0.05) is 6.92 Å².